The van der Waals surface area contributed by atoms with E-state index in [1.807, 2.05) is 13.8 Å². The van der Waals surface area contributed by atoms with Crippen LogP contribution >= 0.6 is 0 Å². The number of nitrogens with one attached hydrogen (secondary N) is 3. The zero-order valence-electron chi connectivity index (χ0n) is 27.6. The zero-order valence-corrected chi connectivity index (χ0v) is 27.6. The van der Waals surface area contributed by atoms with E-state index >= 15 is 0 Å². The minimum absolute atomic E-state index is 0.0446. The van der Waals surface area contributed by atoms with E-state index in [9.17, 15) is 9.59 Å². The van der Waals surface area contributed by atoms with Crippen LogP contribution in [0.2, 0.25) is 0 Å². The molecule has 4 aliphatic rings. The summed E-state index contributed by atoms with van der Waals surface area (Å²) >= 11 is 0. The normalized spacial score (nSPS) is 36.8. The number of hydrogen-bond acceptors (Lipinski definition) is 7. The molecule has 0 heterocycles. The van der Waals surface area contributed by atoms with Gasteiger partial charge in [0.1, 0.15) is 5.78 Å². The SMILES string of the molecule is CC(C)OC(=O)CC[C@@H](C)[C@H]1CCC2C3C(=O)CC4C[C@@H](NCCCNCCNCCCN)CC[C@]4(C)C3CC[C@@]21C. The van der Waals surface area contributed by atoms with Crippen molar-refractivity contribution < 1.29 is 14.3 Å². The number of rotatable bonds is 16. The fraction of sp³-hybridized carbons (Fsp3) is 0.943. The number of hydrogen-bond donors (Lipinski definition) is 4. The summed E-state index contributed by atoms with van der Waals surface area (Å²) in [7, 11) is 0. The molecule has 0 bridgehead atoms. The van der Waals surface area contributed by atoms with Gasteiger partial charge in [0.25, 0.3) is 0 Å². The smallest absolute Gasteiger partial charge is 0.306 e. The summed E-state index contributed by atoms with van der Waals surface area (Å²) < 4.78 is 5.41. The first-order valence-electron chi connectivity index (χ1n) is 17.7. The van der Waals surface area contributed by atoms with E-state index in [-0.39, 0.29) is 23.4 Å². The molecule has 42 heavy (non-hydrogen) atoms. The Hall–Kier alpha value is -1.02. The number of carbonyl (C=O) groups is 2. The molecule has 0 aromatic heterocycles. The van der Waals surface area contributed by atoms with Gasteiger partial charge in [-0.25, -0.2) is 0 Å². The Bertz CT molecular complexity index is 882. The van der Waals surface area contributed by atoms with Crippen LogP contribution < -0.4 is 21.7 Å². The molecule has 0 radical (unpaired) electrons. The minimum Gasteiger partial charge on any atom is -0.463 e. The molecule has 4 unspecified atom stereocenters. The van der Waals surface area contributed by atoms with Crippen molar-refractivity contribution in [3.8, 4) is 0 Å². The molecule has 0 aliphatic heterocycles. The quantitative estimate of drug-likeness (QED) is 0.147. The molecule has 242 valence electrons. The average molecular weight is 589 g/mol. The molecule has 4 saturated carbocycles. The first kappa shape index (κ1) is 33.9. The number of esters is 1. The van der Waals surface area contributed by atoms with Gasteiger partial charge in [-0.05, 0) is 145 Å². The monoisotopic (exact) mass is 588 g/mol. The molecule has 0 saturated heterocycles. The Balaban J connectivity index is 1.25. The molecule has 0 amide bonds. The number of Topliss-reactive ketones (excluding diaryl/α,β-unsaturated/α-hetero) is 1. The first-order valence-corrected chi connectivity index (χ1v) is 17.7. The van der Waals surface area contributed by atoms with Crippen molar-refractivity contribution in [1.82, 2.24) is 16.0 Å². The highest BCUT2D eigenvalue weighted by atomic mass is 16.5. The summed E-state index contributed by atoms with van der Waals surface area (Å²) in [5.74, 6) is 3.48. The first-order chi connectivity index (χ1) is 20.1. The van der Waals surface area contributed by atoms with Gasteiger partial charge in [-0.1, -0.05) is 20.8 Å². The van der Waals surface area contributed by atoms with E-state index in [0.29, 0.717) is 53.3 Å². The van der Waals surface area contributed by atoms with E-state index in [4.69, 9.17) is 10.5 Å². The van der Waals surface area contributed by atoms with Crippen molar-refractivity contribution in [3.63, 3.8) is 0 Å². The van der Waals surface area contributed by atoms with Crippen molar-refractivity contribution in [2.75, 3.05) is 39.3 Å². The number of nitrogens with two attached hydrogens (primary N) is 1. The van der Waals surface area contributed by atoms with E-state index in [0.717, 1.165) is 71.4 Å². The van der Waals surface area contributed by atoms with Crippen molar-refractivity contribution in [2.45, 2.75) is 124 Å². The van der Waals surface area contributed by atoms with Crippen molar-refractivity contribution >= 4 is 11.8 Å². The third-order valence-electron chi connectivity index (χ3n) is 12.4. The largest absolute Gasteiger partial charge is 0.463 e. The number of ether oxygens (including phenoxy) is 1. The maximum atomic E-state index is 14.0. The Morgan fingerprint density at radius 2 is 1.62 bits per heavy atom. The molecule has 0 aromatic carbocycles. The number of ketones is 1. The standard InChI is InChI=1S/C35H64N4O3/c1-24(2)42-32(41)11-8-25(3)28-9-10-29-33-30(13-15-35(28,29)5)34(4)14-12-27(22-26(34)23-31(33)40)39-19-7-18-38-21-20-37-17-6-16-36/h24-30,33,37-39H,6-23,36H2,1-5H3/t25-,26?,27+,28-,29?,30?,33?,34+,35-/m1/s1. The van der Waals surface area contributed by atoms with Crippen LogP contribution in [0.15, 0.2) is 0 Å². The predicted octanol–water partition coefficient (Wildman–Crippen LogP) is 5.07. The maximum absolute atomic E-state index is 14.0. The molecular weight excluding hydrogens is 524 g/mol. The lowest BCUT2D eigenvalue weighted by atomic mass is 9.44. The van der Waals surface area contributed by atoms with Gasteiger partial charge < -0.3 is 26.4 Å². The summed E-state index contributed by atoms with van der Waals surface area (Å²) in [6.45, 7) is 17.1. The molecule has 9 atom stereocenters. The second kappa shape index (κ2) is 15.3. The summed E-state index contributed by atoms with van der Waals surface area (Å²) in [6, 6.07) is 0.554. The molecule has 7 heteroatoms. The van der Waals surface area contributed by atoms with Crippen LogP contribution in [-0.4, -0.2) is 63.2 Å². The molecule has 4 fully saturated rings. The fourth-order valence-electron chi connectivity index (χ4n) is 10.1. The Labute approximate surface area is 257 Å². The lowest BCUT2D eigenvalue weighted by Crippen LogP contribution is -2.58. The highest BCUT2D eigenvalue weighted by molar-refractivity contribution is 5.83. The second-order valence-corrected chi connectivity index (χ2v) is 15.3. The second-order valence-electron chi connectivity index (χ2n) is 15.3. The Morgan fingerprint density at radius 3 is 2.33 bits per heavy atom. The lowest BCUT2D eigenvalue weighted by molar-refractivity contribution is -0.157. The number of fused-ring (bicyclic) bond motifs is 5. The maximum Gasteiger partial charge on any atom is 0.306 e. The molecule has 0 spiro atoms. The van der Waals surface area contributed by atoms with Gasteiger partial charge in [0.2, 0.25) is 0 Å². The van der Waals surface area contributed by atoms with Crippen molar-refractivity contribution in [1.29, 1.82) is 0 Å². The third-order valence-corrected chi connectivity index (χ3v) is 12.4. The van der Waals surface area contributed by atoms with Crippen molar-refractivity contribution in [3.05, 3.63) is 0 Å². The van der Waals surface area contributed by atoms with E-state index in [2.05, 4.69) is 36.7 Å². The van der Waals surface area contributed by atoms with Gasteiger partial charge in [0.15, 0.2) is 0 Å². The van der Waals surface area contributed by atoms with Gasteiger partial charge in [-0.15, -0.1) is 0 Å². The van der Waals surface area contributed by atoms with E-state index in [1.54, 1.807) is 0 Å². The third kappa shape index (κ3) is 7.79. The lowest BCUT2D eigenvalue weighted by Gasteiger charge is -2.60. The topological polar surface area (TPSA) is 105 Å². The highest BCUT2D eigenvalue weighted by Gasteiger charge is 2.63. The van der Waals surface area contributed by atoms with Crippen LogP contribution in [0.25, 0.3) is 0 Å². The van der Waals surface area contributed by atoms with Crippen LogP contribution in [0.4, 0.5) is 0 Å². The van der Waals surface area contributed by atoms with E-state index in [1.165, 1.54) is 38.5 Å². The summed E-state index contributed by atoms with van der Waals surface area (Å²) in [6.07, 6.45) is 12.9. The van der Waals surface area contributed by atoms with Gasteiger partial charge in [-0.3, -0.25) is 9.59 Å². The molecule has 5 N–H and O–H groups in total. The molecule has 4 aliphatic carbocycles. The molecule has 7 nitrogen and oxygen atoms in total. The highest BCUT2D eigenvalue weighted by Crippen LogP contribution is 2.67. The van der Waals surface area contributed by atoms with Crippen LogP contribution in [0.1, 0.15) is 112 Å². The molecule has 4 rings (SSSR count). The van der Waals surface area contributed by atoms with Gasteiger partial charge in [-0.2, -0.15) is 0 Å². The average Bonchev–Trinajstić information content (AvgIpc) is 3.30. The molecular formula is C35H64N4O3. The molecule has 0 aromatic rings. The van der Waals surface area contributed by atoms with Crippen LogP contribution in [0, 0.1) is 46.3 Å². The van der Waals surface area contributed by atoms with Crippen molar-refractivity contribution in [2.24, 2.45) is 52.1 Å². The predicted molar refractivity (Wildman–Crippen MR) is 171 cm³/mol. The Kier molecular flexibility index (Phi) is 12.3. The van der Waals surface area contributed by atoms with Crippen LogP contribution in [0.3, 0.4) is 0 Å². The zero-order chi connectivity index (χ0) is 30.3. The van der Waals surface area contributed by atoms with Gasteiger partial charge >= 0.3 is 5.97 Å². The summed E-state index contributed by atoms with van der Waals surface area (Å²) in [5.41, 5.74) is 6.07. The van der Waals surface area contributed by atoms with E-state index < -0.39 is 0 Å². The number of carbonyl (C=O) groups excluding carboxylic acids is 2. The van der Waals surface area contributed by atoms with Crippen LogP contribution in [0.5, 0.6) is 0 Å². The summed E-state index contributed by atoms with van der Waals surface area (Å²) in [5, 5.41) is 10.8. The van der Waals surface area contributed by atoms with Crippen LogP contribution in [-0.2, 0) is 14.3 Å². The Morgan fingerprint density at radius 1 is 0.929 bits per heavy atom. The minimum atomic E-state index is -0.0642. The van der Waals surface area contributed by atoms with Gasteiger partial charge in [0, 0.05) is 37.9 Å². The van der Waals surface area contributed by atoms with Gasteiger partial charge in [0.05, 0.1) is 6.10 Å². The summed E-state index contributed by atoms with van der Waals surface area (Å²) in [4.78, 5) is 26.2. The fourth-order valence-corrected chi connectivity index (χ4v) is 10.1.